The van der Waals surface area contributed by atoms with Crippen LogP contribution in [-0.2, 0) is 4.74 Å². The molecule has 1 saturated heterocycles. The third kappa shape index (κ3) is 5.39. The summed E-state index contributed by atoms with van der Waals surface area (Å²) in [6.07, 6.45) is 4.76. The topological polar surface area (TPSA) is 78.3 Å². The van der Waals surface area contributed by atoms with E-state index in [9.17, 15) is 4.79 Å². The van der Waals surface area contributed by atoms with Gasteiger partial charge in [-0.05, 0) is 32.2 Å². The lowest BCUT2D eigenvalue weighted by Crippen LogP contribution is -2.45. The van der Waals surface area contributed by atoms with E-state index in [2.05, 4.69) is 38.7 Å². The predicted molar refractivity (Wildman–Crippen MR) is 84.5 cm³/mol. The fourth-order valence-corrected chi connectivity index (χ4v) is 1.94. The summed E-state index contributed by atoms with van der Waals surface area (Å²) in [4.78, 5) is 21.0. The fourth-order valence-electron chi connectivity index (χ4n) is 1.94. The minimum atomic E-state index is -0.519. The van der Waals surface area contributed by atoms with Gasteiger partial charge in [0.15, 0.2) is 0 Å². The molecule has 0 bridgehead atoms. The molecule has 0 unspecified atom stereocenters. The minimum absolute atomic E-state index is 0.247. The molecule has 2 N–H and O–H groups in total. The van der Waals surface area contributed by atoms with Crippen molar-refractivity contribution in [3.8, 4) is 0 Å². The van der Waals surface area contributed by atoms with Gasteiger partial charge in [0.2, 0.25) is 5.96 Å². The molecule has 0 radical (unpaired) electrons. The Labute approximate surface area is 125 Å². The average molecular weight is 293 g/mol. The number of rotatable bonds is 4. The first-order chi connectivity index (χ1) is 10.1. The summed E-state index contributed by atoms with van der Waals surface area (Å²) in [5, 5.41) is 6.51. The molecule has 0 saturated carbocycles. The van der Waals surface area contributed by atoms with Crippen molar-refractivity contribution < 1.29 is 9.53 Å². The number of ether oxygens (including phenoxy) is 1. The number of methoxy groups -OCH3 is 1. The highest BCUT2D eigenvalue weighted by atomic mass is 16.5. The quantitative estimate of drug-likeness (QED) is 0.462. The van der Waals surface area contributed by atoms with Gasteiger partial charge in [0, 0.05) is 19.6 Å². The van der Waals surface area contributed by atoms with E-state index in [1.807, 2.05) is 0 Å². The Morgan fingerprint density at radius 2 is 2.33 bits per heavy atom. The summed E-state index contributed by atoms with van der Waals surface area (Å²) in [6.45, 7) is 9.00. The van der Waals surface area contributed by atoms with Crippen LogP contribution in [0, 0.1) is 0 Å². The molecule has 0 aromatic rings. The standard InChI is InChI=1S/C14H23N5O2/c1-5-7-12(19(3)14(20)21-4)18-13(15-2)17-11-8-6-9-16-10-11/h5,7,11,16H,1-2,6,8-10H2,3-4H3,(H,17,18)/t11-/m0/s1. The molecule has 0 aromatic carbocycles. The van der Waals surface area contributed by atoms with E-state index in [0.717, 1.165) is 25.9 Å². The molecule has 7 heteroatoms. The van der Waals surface area contributed by atoms with Crippen molar-refractivity contribution in [2.45, 2.75) is 18.9 Å². The van der Waals surface area contributed by atoms with Gasteiger partial charge in [-0.25, -0.2) is 9.79 Å². The second-order valence-electron chi connectivity index (χ2n) is 4.57. The van der Waals surface area contributed by atoms with Gasteiger partial charge in [-0.3, -0.25) is 4.90 Å². The lowest BCUT2D eigenvalue weighted by molar-refractivity contribution is 0.143. The van der Waals surface area contributed by atoms with Gasteiger partial charge in [0.25, 0.3) is 0 Å². The molecule has 0 aliphatic carbocycles. The van der Waals surface area contributed by atoms with Crippen molar-refractivity contribution in [2.24, 2.45) is 9.98 Å². The van der Waals surface area contributed by atoms with Crippen LogP contribution in [0.2, 0.25) is 0 Å². The third-order valence-electron chi connectivity index (χ3n) is 3.06. The molecule has 1 heterocycles. The van der Waals surface area contributed by atoms with Crippen LogP contribution in [0.5, 0.6) is 0 Å². The van der Waals surface area contributed by atoms with Crippen molar-refractivity contribution in [3.05, 3.63) is 24.6 Å². The minimum Gasteiger partial charge on any atom is -0.452 e. The molecule has 1 aliphatic rings. The van der Waals surface area contributed by atoms with Crippen LogP contribution in [0.3, 0.4) is 0 Å². The highest BCUT2D eigenvalue weighted by Crippen LogP contribution is 2.07. The SMILES string of the molecule is C=CC=C(/N=C(\N=C)N[C@H]1CCCNC1)N(C)C(=O)OC. The van der Waals surface area contributed by atoms with E-state index in [1.54, 1.807) is 19.2 Å². The summed E-state index contributed by atoms with van der Waals surface area (Å²) >= 11 is 0. The zero-order valence-electron chi connectivity index (χ0n) is 12.6. The Bertz CT molecular complexity index is 439. The maximum absolute atomic E-state index is 11.6. The summed E-state index contributed by atoms with van der Waals surface area (Å²) in [5.74, 6) is 0.739. The number of allylic oxidation sites excluding steroid dienone is 2. The number of hydrogen-bond acceptors (Lipinski definition) is 4. The summed E-state index contributed by atoms with van der Waals surface area (Å²) < 4.78 is 4.67. The van der Waals surface area contributed by atoms with Crippen LogP contribution in [0.15, 0.2) is 34.5 Å². The van der Waals surface area contributed by atoms with Crippen LogP contribution in [0.25, 0.3) is 0 Å². The van der Waals surface area contributed by atoms with Crippen LogP contribution < -0.4 is 10.6 Å². The Balaban J connectivity index is 2.84. The number of nitrogens with one attached hydrogen (secondary N) is 2. The highest BCUT2D eigenvalue weighted by Gasteiger charge is 2.16. The van der Waals surface area contributed by atoms with E-state index in [4.69, 9.17) is 0 Å². The lowest BCUT2D eigenvalue weighted by Gasteiger charge is -2.24. The highest BCUT2D eigenvalue weighted by molar-refractivity contribution is 5.85. The van der Waals surface area contributed by atoms with Crippen molar-refractivity contribution in [3.63, 3.8) is 0 Å². The van der Waals surface area contributed by atoms with Gasteiger partial charge in [-0.1, -0.05) is 12.7 Å². The second kappa shape index (κ2) is 8.91. The van der Waals surface area contributed by atoms with Crippen LogP contribution in [0.4, 0.5) is 4.79 Å². The van der Waals surface area contributed by atoms with E-state index < -0.39 is 6.09 Å². The molecule has 1 amide bonds. The smallest absolute Gasteiger partial charge is 0.414 e. The largest absolute Gasteiger partial charge is 0.452 e. The van der Waals surface area contributed by atoms with Gasteiger partial charge in [-0.15, -0.1) is 0 Å². The Morgan fingerprint density at radius 1 is 1.57 bits per heavy atom. The molecule has 0 spiro atoms. The molecule has 0 aromatic heterocycles. The summed E-state index contributed by atoms with van der Waals surface area (Å²) in [7, 11) is 2.88. The first kappa shape index (κ1) is 16.9. The molecule has 7 nitrogen and oxygen atoms in total. The first-order valence-corrected chi connectivity index (χ1v) is 6.79. The molecular formula is C14H23N5O2. The number of carbonyl (C=O) groups excluding carboxylic acids is 1. The van der Waals surface area contributed by atoms with Gasteiger partial charge >= 0.3 is 6.09 Å². The number of carbonyl (C=O) groups is 1. The number of aliphatic imine (C=N–C) groups is 2. The maximum Gasteiger partial charge on any atom is 0.414 e. The Morgan fingerprint density at radius 3 is 2.86 bits per heavy atom. The summed E-state index contributed by atoms with van der Waals surface area (Å²) in [5.41, 5.74) is 0. The zero-order chi connectivity index (χ0) is 15.7. The third-order valence-corrected chi connectivity index (χ3v) is 3.06. The monoisotopic (exact) mass is 293 g/mol. The van der Waals surface area contributed by atoms with Crippen LogP contribution in [-0.4, -0.2) is 57.0 Å². The molecule has 116 valence electrons. The molecule has 1 aliphatic heterocycles. The van der Waals surface area contributed by atoms with Crippen LogP contribution in [0.1, 0.15) is 12.8 Å². The van der Waals surface area contributed by atoms with E-state index in [-0.39, 0.29) is 6.04 Å². The van der Waals surface area contributed by atoms with Crippen molar-refractivity contribution in [2.75, 3.05) is 27.2 Å². The van der Waals surface area contributed by atoms with E-state index in [0.29, 0.717) is 11.8 Å². The first-order valence-electron chi connectivity index (χ1n) is 6.79. The van der Waals surface area contributed by atoms with E-state index in [1.165, 1.54) is 12.0 Å². The summed E-state index contributed by atoms with van der Waals surface area (Å²) in [6, 6.07) is 0.247. The number of guanidine groups is 1. The van der Waals surface area contributed by atoms with Crippen molar-refractivity contribution in [1.29, 1.82) is 0 Å². The Kier molecular flexibility index (Phi) is 7.17. The molecule has 1 fully saturated rings. The number of amides is 1. The Hall–Kier alpha value is -2.15. The lowest BCUT2D eigenvalue weighted by atomic mass is 10.1. The molecule has 21 heavy (non-hydrogen) atoms. The van der Waals surface area contributed by atoms with Crippen LogP contribution >= 0.6 is 0 Å². The number of nitrogens with zero attached hydrogens (tertiary/aromatic N) is 3. The number of hydrogen-bond donors (Lipinski definition) is 2. The van der Waals surface area contributed by atoms with Crippen molar-refractivity contribution in [1.82, 2.24) is 15.5 Å². The predicted octanol–water partition coefficient (Wildman–Crippen LogP) is 1.11. The van der Waals surface area contributed by atoms with Crippen molar-refractivity contribution >= 4 is 18.8 Å². The maximum atomic E-state index is 11.6. The molecule has 1 atom stereocenters. The van der Waals surface area contributed by atoms with Gasteiger partial charge < -0.3 is 15.4 Å². The average Bonchev–Trinajstić information content (AvgIpc) is 2.53. The number of piperidine rings is 1. The fraction of sp³-hybridized carbons (Fsp3) is 0.500. The van der Waals surface area contributed by atoms with Gasteiger partial charge in [0.05, 0.1) is 7.11 Å². The van der Waals surface area contributed by atoms with Gasteiger partial charge in [-0.2, -0.15) is 4.99 Å². The van der Waals surface area contributed by atoms with Gasteiger partial charge in [0.1, 0.15) is 5.82 Å². The zero-order valence-corrected chi connectivity index (χ0v) is 12.6. The normalized spacial score (nSPS) is 19.6. The molecule has 1 rings (SSSR count). The second-order valence-corrected chi connectivity index (χ2v) is 4.57. The van der Waals surface area contributed by atoms with E-state index >= 15 is 0 Å². The molecular weight excluding hydrogens is 270 g/mol.